The molecule has 0 spiro atoms. The number of piperidine rings is 1. The molecular weight excluding hydrogens is 594 g/mol. The summed E-state index contributed by atoms with van der Waals surface area (Å²) in [6.45, 7) is 9.19. The maximum Gasteiger partial charge on any atom is 0.270 e. The van der Waals surface area contributed by atoms with Crippen molar-refractivity contribution in [1.82, 2.24) is 5.32 Å². The smallest absolute Gasteiger partial charge is 0.270 e. The van der Waals surface area contributed by atoms with Crippen LogP contribution in [-0.2, 0) is 30.3 Å². The van der Waals surface area contributed by atoms with Crippen LogP contribution in [0.25, 0.3) is 0 Å². The van der Waals surface area contributed by atoms with Crippen molar-refractivity contribution in [3.8, 4) is 5.75 Å². The average Bonchev–Trinajstić information content (AvgIpc) is 3.91. The van der Waals surface area contributed by atoms with Crippen LogP contribution >= 0.6 is 0 Å². The number of carbonyl (C=O) groups excluding carboxylic acids is 3. The number of nitrogens with zero attached hydrogens (tertiary/aromatic N) is 2. The summed E-state index contributed by atoms with van der Waals surface area (Å²) in [5, 5.41) is 3.40. The SMILES string of the molecule is CCOC[C@H](CCCC(=O)[C@@H]1CNC[C@H](C(=O)N(c2ccc3c(c2)N(CCCOC)C(=O)C(C)(C)O3)C2CC2)C1)Cc1ccccc1. The molecule has 2 heterocycles. The summed E-state index contributed by atoms with van der Waals surface area (Å²) in [5.41, 5.74) is 1.78. The number of amides is 2. The fourth-order valence-electron chi connectivity index (χ4n) is 6.96. The molecule has 1 saturated carbocycles. The van der Waals surface area contributed by atoms with E-state index >= 15 is 0 Å². The lowest BCUT2D eigenvalue weighted by Gasteiger charge is -2.39. The monoisotopic (exact) mass is 647 g/mol. The summed E-state index contributed by atoms with van der Waals surface area (Å²) in [6, 6.07) is 16.3. The van der Waals surface area contributed by atoms with Crippen molar-refractivity contribution in [3.63, 3.8) is 0 Å². The largest absolute Gasteiger partial charge is 0.476 e. The molecule has 3 aliphatic rings. The Balaban J connectivity index is 1.23. The Morgan fingerprint density at radius 1 is 1.09 bits per heavy atom. The van der Waals surface area contributed by atoms with Crippen molar-refractivity contribution < 1.29 is 28.6 Å². The number of anilines is 2. The van der Waals surface area contributed by atoms with Gasteiger partial charge in [-0.2, -0.15) is 0 Å². The number of ketones is 1. The van der Waals surface area contributed by atoms with Crippen LogP contribution in [0, 0.1) is 17.8 Å². The van der Waals surface area contributed by atoms with E-state index in [4.69, 9.17) is 14.2 Å². The van der Waals surface area contributed by atoms with Crippen LogP contribution < -0.4 is 19.9 Å². The molecule has 1 aliphatic carbocycles. The Kier molecular flexibility index (Phi) is 12.1. The number of rotatable bonds is 17. The van der Waals surface area contributed by atoms with Gasteiger partial charge in [0.05, 0.1) is 11.6 Å². The van der Waals surface area contributed by atoms with Crippen LogP contribution in [0.1, 0.15) is 71.3 Å². The minimum atomic E-state index is -0.977. The Morgan fingerprint density at radius 3 is 2.57 bits per heavy atom. The van der Waals surface area contributed by atoms with Crippen LogP contribution in [0.3, 0.4) is 0 Å². The van der Waals surface area contributed by atoms with Gasteiger partial charge in [0.1, 0.15) is 11.5 Å². The first-order valence-electron chi connectivity index (χ1n) is 17.5. The predicted molar refractivity (Wildman–Crippen MR) is 184 cm³/mol. The van der Waals surface area contributed by atoms with Gasteiger partial charge in [-0.1, -0.05) is 30.3 Å². The zero-order valence-corrected chi connectivity index (χ0v) is 28.7. The molecule has 2 amide bonds. The third-order valence-corrected chi connectivity index (χ3v) is 9.63. The van der Waals surface area contributed by atoms with Gasteiger partial charge in [-0.15, -0.1) is 0 Å². The van der Waals surface area contributed by atoms with Gasteiger partial charge >= 0.3 is 0 Å². The van der Waals surface area contributed by atoms with Crippen molar-refractivity contribution in [2.45, 2.75) is 83.8 Å². The molecule has 256 valence electrons. The van der Waals surface area contributed by atoms with Crippen LogP contribution in [-0.4, -0.2) is 75.8 Å². The van der Waals surface area contributed by atoms with E-state index in [9.17, 15) is 14.4 Å². The van der Waals surface area contributed by atoms with E-state index in [2.05, 4.69) is 29.6 Å². The second-order valence-corrected chi connectivity index (χ2v) is 13.9. The molecular formula is C38H53N3O6. The number of hydrogen-bond donors (Lipinski definition) is 1. The number of Topliss-reactive ketones (excluding diaryl/α,β-unsaturated/α-hetero) is 1. The molecule has 2 aromatic carbocycles. The number of ether oxygens (including phenoxy) is 3. The number of methoxy groups -OCH3 is 1. The molecule has 1 saturated heterocycles. The number of fused-ring (bicyclic) bond motifs is 1. The zero-order valence-electron chi connectivity index (χ0n) is 28.7. The van der Waals surface area contributed by atoms with Gasteiger partial charge in [-0.25, -0.2) is 0 Å². The molecule has 0 unspecified atom stereocenters. The molecule has 5 rings (SSSR count). The minimum Gasteiger partial charge on any atom is -0.476 e. The second kappa shape index (κ2) is 16.2. The normalized spacial score (nSPS) is 21.1. The van der Waals surface area contributed by atoms with Crippen molar-refractivity contribution in [3.05, 3.63) is 54.1 Å². The van der Waals surface area contributed by atoms with Crippen LogP contribution in [0.4, 0.5) is 11.4 Å². The first-order chi connectivity index (χ1) is 22.7. The highest BCUT2D eigenvalue weighted by Crippen LogP contribution is 2.43. The molecule has 2 aromatic rings. The van der Waals surface area contributed by atoms with Crippen molar-refractivity contribution in [1.29, 1.82) is 0 Å². The second-order valence-electron chi connectivity index (χ2n) is 13.9. The number of hydrogen-bond acceptors (Lipinski definition) is 7. The highest BCUT2D eigenvalue weighted by atomic mass is 16.5. The number of carbonyl (C=O) groups is 3. The highest BCUT2D eigenvalue weighted by Gasteiger charge is 2.43. The predicted octanol–water partition coefficient (Wildman–Crippen LogP) is 5.58. The van der Waals surface area contributed by atoms with E-state index in [0.717, 1.165) is 37.8 Å². The molecule has 9 heteroatoms. The minimum absolute atomic E-state index is 0.0476. The fraction of sp³-hybridized carbons (Fsp3) is 0.605. The molecule has 3 atom stereocenters. The molecule has 1 N–H and O–H groups in total. The lowest BCUT2D eigenvalue weighted by molar-refractivity contribution is -0.132. The third-order valence-electron chi connectivity index (χ3n) is 9.63. The Hall–Kier alpha value is -3.27. The average molecular weight is 648 g/mol. The quantitative estimate of drug-likeness (QED) is 0.224. The molecule has 0 radical (unpaired) electrons. The van der Waals surface area contributed by atoms with Gasteiger partial charge in [0.15, 0.2) is 5.60 Å². The van der Waals surface area contributed by atoms with E-state index in [1.165, 1.54) is 5.56 Å². The highest BCUT2D eigenvalue weighted by molar-refractivity contribution is 6.04. The van der Waals surface area contributed by atoms with Gasteiger partial charge in [-0.05, 0) is 95.4 Å². The van der Waals surface area contributed by atoms with Crippen molar-refractivity contribution in [2.75, 3.05) is 56.4 Å². The Labute approximate surface area is 280 Å². The van der Waals surface area contributed by atoms with Gasteiger partial charge in [0, 0.05) is 70.6 Å². The van der Waals surface area contributed by atoms with Gasteiger partial charge < -0.3 is 29.3 Å². The van der Waals surface area contributed by atoms with E-state index < -0.39 is 5.60 Å². The van der Waals surface area contributed by atoms with E-state index in [1.54, 1.807) is 25.9 Å². The number of benzene rings is 2. The topological polar surface area (TPSA) is 97.4 Å². The molecule has 2 fully saturated rings. The summed E-state index contributed by atoms with van der Waals surface area (Å²) in [5.74, 6) is 0.725. The van der Waals surface area contributed by atoms with E-state index in [0.29, 0.717) is 76.1 Å². The summed E-state index contributed by atoms with van der Waals surface area (Å²) < 4.78 is 17.1. The molecule has 2 aliphatic heterocycles. The van der Waals surface area contributed by atoms with Crippen LogP contribution in [0.2, 0.25) is 0 Å². The van der Waals surface area contributed by atoms with Gasteiger partial charge in [0.25, 0.3) is 5.91 Å². The molecule has 0 aromatic heterocycles. The maximum absolute atomic E-state index is 14.2. The molecule has 47 heavy (non-hydrogen) atoms. The van der Waals surface area contributed by atoms with Crippen LogP contribution in [0.5, 0.6) is 5.75 Å². The van der Waals surface area contributed by atoms with Gasteiger partial charge in [0.2, 0.25) is 5.91 Å². The molecule has 9 nitrogen and oxygen atoms in total. The summed E-state index contributed by atoms with van der Waals surface area (Å²) in [7, 11) is 1.65. The zero-order chi connectivity index (χ0) is 33.4. The van der Waals surface area contributed by atoms with E-state index in [1.807, 2.05) is 36.1 Å². The molecule has 0 bridgehead atoms. The standard InChI is InChI=1S/C38H53N3O6/c1-5-46-26-28(21-27-11-7-6-8-12-27)13-9-14-34(42)29-22-30(25-39-24-29)36(43)41(31-15-16-31)32-17-18-35-33(23-32)40(19-10-20-45-4)37(44)38(2,3)47-35/h6-8,11-12,17-18,23,28-31,39H,5,9-10,13-16,19-22,24-26H2,1-4H3/t28-,29+,30-/m1/s1. The lowest BCUT2D eigenvalue weighted by atomic mass is 9.84. The third kappa shape index (κ3) is 9.00. The summed E-state index contributed by atoms with van der Waals surface area (Å²) in [6.07, 6.45) is 6.35. The fourth-order valence-corrected chi connectivity index (χ4v) is 6.96. The maximum atomic E-state index is 14.2. The Morgan fingerprint density at radius 2 is 1.85 bits per heavy atom. The van der Waals surface area contributed by atoms with Crippen molar-refractivity contribution >= 4 is 29.0 Å². The first kappa shape index (κ1) is 35.0. The van der Waals surface area contributed by atoms with Crippen LogP contribution in [0.15, 0.2) is 48.5 Å². The number of nitrogens with one attached hydrogen (secondary N) is 1. The lowest BCUT2D eigenvalue weighted by Crippen LogP contribution is -2.53. The summed E-state index contributed by atoms with van der Waals surface area (Å²) in [4.78, 5) is 44.7. The van der Waals surface area contributed by atoms with E-state index in [-0.39, 0.29) is 35.5 Å². The summed E-state index contributed by atoms with van der Waals surface area (Å²) >= 11 is 0. The Bertz CT molecular complexity index is 1360. The van der Waals surface area contributed by atoms with Gasteiger partial charge in [-0.3, -0.25) is 14.4 Å². The van der Waals surface area contributed by atoms with Crippen molar-refractivity contribution in [2.24, 2.45) is 17.8 Å². The first-order valence-corrected chi connectivity index (χ1v) is 17.5.